The fourth-order valence-electron chi connectivity index (χ4n) is 1.80. The highest BCUT2D eigenvalue weighted by Crippen LogP contribution is 2.34. The summed E-state index contributed by atoms with van der Waals surface area (Å²) < 4.78 is 88.3. The Morgan fingerprint density at radius 1 is 0.739 bits per heavy atom. The molecule has 0 heterocycles. The van der Waals surface area contributed by atoms with E-state index in [-0.39, 0.29) is 23.5 Å². The van der Waals surface area contributed by atoms with Gasteiger partial charge in [-0.2, -0.15) is 26.3 Å². The monoisotopic (exact) mass is 360 g/mol. The first-order chi connectivity index (χ1) is 10.3. The molecule has 2 nitrogen and oxygen atoms in total. The smallest absolute Gasteiger partial charge is 0.391 e. The van der Waals surface area contributed by atoms with E-state index in [2.05, 4.69) is 0 Å². The minimum Gasteiger partial charge on any atom is -0.391 e. The van der Waals surface area contributed by atoms with Crippen LogP contribution in [-0.2, 0) is 21.2 Å². The molecule has 0 unspecified atom stereocenters. The molecular formula is C14H18F6O2Si. The summed E-state index contributed by atoms with van der Waals surface area (Å²) in [5, 5.41) is -0.186. The van der Waals surface area contributed by atoms with Gasteiger partial charge in [0.1, 0.15) is 0 Å². The quantitative estimate of drug-likeness (QED) is 0.584. The van der Waals surface area contributed by atoms with Crippen LogP contribution in [0.25, 0.3) is 0 Å². The number of rotatable bonds is 5. The van der Waals surface area contributed by atoms with Gasteiger partial charge in [0.25, 0.3) is 0 Å². The fraction of sp³-hybridized carbons (Fsp3) is 0.571. The molecule has 0 atom stereocenters. The van der Waals surface area contributed by atoms with Gasteiger partial charge in [-0.15, -0.1) is 0 Å². The van der Waals surface area contributed by atoms with Crippen LogP contribution in [0.3, 0.4) is 0 Å². The van der Waals surface area contributed by atoms with E-state index in [1.807, 2.05) is 0 Å². The highest BCUT2D eigenvalue weighted by atomic mass is 28.3. The van der Waals surface area contributed by atoms with E-state index >= 15 is 0 Å². The maximum atomic E-state index is 12.9. The lowest BCUT2D eigenvalue weighted by molar-refractivity contribution is -0.142. The number of halogens is 6. The van der Waals surface area contributed by atoms with E-state index in [4.69, 9.17) is 8.85 Å². The van der Waals surface area contributed by atoms with Crippen molar-refractivity contribution in [3.05, 3.63) is 29.3 Å². The van der Waals surface area contributed by atoms with E-state index in [1.54, 1.807) is 27.7 Å². The molecule has 0 aliphatic carbocycles. The number of hydrogen-bond acceptors (Lipinski definition) is 2. The maximum absolute atomic E-state index is 12.9. The zero-order valence-electron chi connectivity index (χ0n) is 13.0. The third kappa shape index (κ3) is 6.15. The first-order valence-corrected chi connectivity index (χ1v) is 8.43. The van der Waals surface area contributed by atoms with E-state index in [1.165, 1.54) is 0 Å². The Balaban J connectivity index is 3.41. The summed E-state index contributed by atoms with van der Waals surface area (Å²) in [5.74, 6) is 0. The van der Waals surface area contributed by atoms with Crippen molar-refractivity contribution in [1.29, 1.82) is 0 Å². The molecule has 0 spiro atoms. The Morgan fingerprint density at radius 3 is 1.35 bits per heavy atom. The lowest BCUT2D eigenvalue weighted by Crippen LogP contribution is -2.41. The molecule has 9 heteroatoms. The zero-order chi connectivity index (χ0) is 18.0. The average Bonchev–Trinajstić information content (AvgIpc) is 2.34. The van der Waals surface area contributed by atoms with Crippen molar-refractivity contribution in [3.8, 4) is 0 Å². The molecule has 0 bridgehead atoms. The van der Waals surface area contributed by atoms with Gasteiger partial charge < -0.3 is 8.85 Å². The summed E-state index contributed by atoms with van der Waals surface area (Å²) in [6, 6.07) is 1.45. The second kappa shape index (κ2) is 7.23. The Bertz CT molecular complexity index is 483. The predicted octanol–water partition coefficient (Wildman–Crippen LogP) is 4.00. The molecule has 23 heavy (non-hydrogen) atoms. The lowest BCUT2D eigenvalue weighted by Gasteiger charge is -2.23. The largest absolute Gasteiger partial charge is 0.416 e. The molecule has 0 aliphatic heterocycles. The van der Waals surface area contributed by atoms with Crippen LogP contribution in [0.4, 0.5) is 26.3 Å². The summed E-state index contributed by atoms with van der Waals surface area (Å²) in [7, 11) is -2.91. The first kappa shape index (κ1) is 20.0. The summed E-state index contributed by atoms with van der Waals surface area (Å²) in [6.45, 7) is 6.56. The zero-order valence-corrected chi connectivity index (χ0v) is 14.2. The Kier molecular flexibility index (Phi) is 6.28. The number of alkyl halides is 6. The molecule has 0 N–H and O–H groups in total. The van der Waals surface area contributed by atoms with E-state index in [9.17, 15) is 26.3 Å². The molecule has 0 amide bonds. The second-order valence-electron chi connectivity index (χ2n) is 5.54. The van der Waals surface area contributed by atoms with Crippen LogP contribution >= 0.6 is 0 Å². The van der Waals surface area contributed by atoms with Gasteiger partial charge in [-0.05, 0) is 51.1 Å². The highest BCUT2D eigenvalue weighted by Gasteiger charge is 2.38. The molecule has 1 aromatic carbocycles. The van der Waals surface area contributed by atoms with Crippen LogP contribution in [0.5, 0.6) is 0 Å². The third-order valence-electron chi connectivity index (χ3n) is 2.67. The van der Waals surface area contributed by atoms with Crippen LogP contribution < -0.4 is 5.19 Å². The standard InChI is InChI=1S/C14H18F6O2Si/c1-8(2)21-23(22-9(3)4)12-6-10(13(15,16)17)5-11(7-12)14(18,19)20/h5-9,23H,1-4H3. The molecule has 0 aliphatic rings. The first-order valence-electron chi connectivity index (χ1n) is 6.91. The van der Waals surface area contributed by atoms with Crippen molar-refractivity contribution in [1.82, 2.24) is 0 Å². The van der Waals surface area contributed by atoms with Crippen LogP contribution in [0, 0.1) is 0 Å². The highest BCUT2D eigenvalue weighted by molar-refractivity contribution is 6.61. The van der Waals surface area contributed by atoms with Gasteiger partial charge in [0.05, 0.1) is 11.1 Å². The summed E-state index contributed by atoms with van der Waals surface area (Å²) >= 11 is 0. The Labute approximate surface area is 132 Å². The van der Waals surface area contributed by atoms with Crippen LogP contribution in [0.15, 0.2) is 18.2 Å². The Morgan fingerprint density at radius 2 is 1.09 bits per heavy atom. The van der Waals surface area contributed by atoms with Gasteiger partial charge in [-0.25, -0.2) is 0 Å². The normalized spacial score (nSPS) is 13.4. The molecular weight excluding hydrogens is 342 g/mol. The minimum atomic E-state index is -4.88. The average molecular weight is 360 g/mol. The number of hydrogen-bond donors (Lipinski definition) is 0. The molecule has 1 aromatic rings. The molecule has 0 radical (unpaired) electrons. The number of benzene rings is 1. The van der Waals surface area contributed by atoms with Gasteiger partial charge in [0.15, 0.2) is 0 Å². The molecule has 0 fully saturated rings. The summed E-state index contributed by atoms with van der Waals surface area (Å²) in [4.78, 5) is 0. The van der Waals surface area contributed by atoms with Crippen molar-refractivity contribution in [2.75, 3.05) is 0 Å². The van der Waals surface area contributed by atoms with E-state index in [0.717, 1.165) is 0 Å². The molecule has 0 saturated carbocycles. The van der Waals surface area contributed by atoms with Crippen molar-refractivity contribution < 1.29 is 35.2 Å². The van der Waals surface area contributed by atoms with Gasteiger partial charge in [-0.1, -0.05) is 0 Å². The van der Waals surface area contributed by atoms with Crippen LogP contribution in [0.2, 0.25) is 0 Å². The Hall–Kier alpha value is -1.06. The molecule has 132 valence electrons. The lowest BCUT2D eigenvalue weighted by atomic mass is 10.1. The molecule has 0 aromatic heterocycles. The van der Waals surface area contributed by atoms with Crippen LogP contribution in [0.1, 0.15) is 38.8 Å². The SMILES string of the molecule is CC(C)O[SiH](OC(C)C)c1cc(C(F)(F)F)cc(C(F)(F)F)c1. The third-order valence-corrected chi connectivity index (χ3v) is 5.13. The van der Waals surface area contributed by atoms with Crippen LogP contribution in [-0.4, -0.2) is 21.5 Å². The maximum Gasteiger partial charge on any atom is 0.416 e. The predicted molar refractivity (Wildman–Crippen MR) is 75.7 cm³/mol. The van der Waals surface area contributed by atoms with Crippen molar-refractivity contribution in [2.45, 2.75) is 52.3 Å². The summed E-state index contributed by atoms with van der Waals surface area (Å²) in [6.07, 6.45) is -10.5. The summed E-state index contributed by atoms with van der Waals surface area (Å²) in [5.41, 5.74) is -2.72. The topological polar surface area (TPSA) is 18.5 Å². The molecule has 1 rings (SSSR count). The van der Waals surface area contributed by atoms with Crippen molar-refractivity contribution >= 4 is 14.5 Å². The van der Waals surface area contributed by atoms with Crippen molar-refractivity contribution in [3.63, 3.8) is 0 Å². The van der Waals surface area contributed by atoms with Gasteiger partial charge in [-0.3, -0.25) is 0 Å². The van der Waals surface area contributed by atoms with Gasteiger partial charge in [0, 0.05) is 12.2 Å². The fourth-order valence-corrected chi connectivity index (χ4v) is 3.80. The second-order valence-corrected chi connectivity index (χ2v) is 7.42. The van der Waals surface area contributed by atoms with E-state index < -0.39 is 32.8 Å². The van der Waals surface area contributed by atoms with Crippen molar-refractivity contribution in [2.24, 2.45) is 0 Å². The molecule has 0 saturated heterocycles. The van der Waals surface area contributed by atoms with Gasteiger partial charge >= 0.3 is 21.6 Å². The van der Waals surface area contributed by atoms with E-state index in [0.29, 0.717) is 12.1 Å². The minimum absolute atomic E-state index is 0.0969. The van der Waals surface area contributed by atoms with Gasteiger partial charge in [0.2, 0.25) is 0 Å².